The first kappa shape index (κ1) is 13.6. The van der Waals surface area contributed by atoms with Crippen LogP contribution in [0, 0.1) is 11.3 Å². The molecule has 4 heteroatoms. The van der Waals surface area contributed by atoms with Gasteiger partial charge < -0.3 is 10.4 Å². The maximum absolute atomic E-state index is 12.0. The van der Waals surface area contributed by atoms with Gasteiger partial charge in [0, 0.05) is 12.3 Å². The number of carbonyl (C=O) groups is 2. The van der Waals surface area contributed by atoms with E-state index in [4.69, 9.17) is 0 Å². The predicted molar refractivity (Wildman–Crippen MR) is 71.6 cm³/mol. The molecule has 102 valence electrons. The summed E-state index contributed by atoms with van der Waals surface area (Å²) < 4.78 is 0. The molecule has 0 aliphatic heterocycles. The van der Waals surface area contributed by atoms with E-state index in [2.05, 4.69) is 5.32 Å². The van der Waals surface area contributed by atoms with Crippen LogP contribution in [0.4, 0.5) is 0 Å². The summed E-state index contributed by atoms with van der Waals surface area (Å²) in [6, 6.07) is 8.48. The van der Waals surface area contributed by atoms with E-state index in [1.165, 1.54) is 0 Å². The van der Waals surface area contributed by atoms with Crippen molar-refractivity contribution in [2.75, 3.05) is 0 Å². The van der Waals surface area contributed by atoms with Gasteiger partial charge in [-0.15, -0.1) is 0 Å². The molecule has 1 aliphatic rings. The lowest BCUT2D eigenvalue weighted by atomic mass is 10.0. The Bertz CT molecular complexity index is 481. The molecule has 0 spiro atoms. The molecule has 19 heavy (non-hydrogen) atoms. The molecule has 2 rings (SSSR count). The maximum Gasteiger partial charge on any atom is 0.326 e. The van der Waals surface area contributed by atoms with Gasteiger partial charge >= 0.3 is 5.97 Å². The first-order chi connectivity index (χ1) is 8.90. The lowest BCUT2D eigenvalue weighted by Crippen LogP contribution is -2.43. The molecule has 0 heterocycles. The molecule has 4 nitrogen and oxygen atoms in total. The van der Waals surface area contributed by atoms with Gasteiger partial charge in [0.05, 0.1) is 0 Å². The largest absolute Gasteiger partial charge is 0.480 e. The van der Waals surface area contributed by atoms with Gasteiger partial charge in [-0.3, -0.25) is 4.79 Å². The van der Waals surface area contributed by atoms with Gasteiger partial charge in [0.1, 0.15) is 6.04 Å². The van der Waals surface area contributed by atoms with Crippen molar-refractivity contribution in [3.8, 4) is 0 Å². The molecule has 1 amide bonds. The lowest BCUT2D eigenvalue weighted by molar-refractivity contribution is -0.142. The van der Waals surface area contributed by atoms with E-state index in [-0.39, 0.29) is 17.2 Å². The lowest BCUT2D eigenvalue weighted by Gasteiger charge is -2.15. The summed E-state index contributed by atoms with van der Waals surface area (Å²) in [5.74, 6) is -1.19. The van der Waals surface area contributed by atoms with Crippen molar-refractivity contribution < 1.29 is 14.7 Å². The second kappa shape index (κ2) is 5.03. The summed E-state index contributed by atoms with van der Waals surface area (Å²) in [5, 5.41) is 11.8. The van der Waals surface area contributed by atoms with Gasteiger partial charge in [0.2, 0.25) is 5.91 Å². The maximum atomic E-state index is 12.0. The number of benzene rings is 1. The molecule has 1 fully saturated rings. The van der Waals surface area contributed by atoms with Crippen molar-refractivity contribution in [3.05, 3.63) is 35.9 Å². The van der Waals surface area contributed by atoms with Gasteiger partial charge in [0.25, 0.3) is 0 Å². The van der Waals surface area contributed by atoms with Crippen LogP contribution in [0.25, 0.3) is 0 Å². The van der Waals surface area contributed by atoms with Crippen molar-refractivity contribution in [2.24, 2.45) is 11.3 Å². The van der Waals surface area contributed by atoms with Gasteiger partial charge in [-0.2, -0.15) is 0 Å². The molecular weight excluding hydrogens is 242 g/mol. The highest BCUT2D eigenvalue weighted by atomic mass is 16.4. The molecule has 2 N–H and O–H groups in total. The Labute approximate surface area is 112 Å². The standard InChI is InChI=1S/C15H19NO3/c1-15(2)9-11(15)13(17)16-12(14(18)19)8-10-6-4-3-5-7-10/h3-7,11-12H,8-9H2,1-2H3,(H,16,17)(H,18,19)/t11?,12-/m0/s1. The molecule has 2 atom stereocenters. The molecule has 1 unspecified atom stereocenters. The minimum atomic E-state index is -0.990. The topological polar surface area (TPSA) is 66.4 Å². The molecule has 1 aromatic rings. The Morgan fingerprint density at radius 2 is 1.95 bits per heavy atom. The van der Waals surface area contributed by atoms with E-state index >= 15 is 0 Å². The highest BCUT2D eigenvalue weighted by molar-refractivity contribution is 5.87. The van der Waals surface area contributed by atoms with Crippen LogP contribution in [-0.4, -0.2) is 23.0 Å². The van der Waals surface area contributed by atoms with Gasteiger partial charge in [0.15, 0.2) is 0 Å². The van der Waals surface area contributed by atoms with E-state index in [0.717, 1.165) is 12.0 Å². The third-order valence-electron chi connectivity index (χ3n) is 3.73. The van der Waals surface area contributed by atoms with Crippen molar-refractivity contribution >= 4 is 11.9 Å². The number of carboxylic acids is 1. The average molecular weight is 261 g/mol. The summed E-state index contributed by atoms with van der Waals surface area (Å²) >= 11 is 0. The fraction of sp³-hybridized carbons (Fsp3) is 0.467. The number of aliphatic carboxylic acids is 1. The van der Waals surface area contributed by atoms with Gasteiger partial charge in [-0.1, -0.05) is 44.2 Å². The molecular formula is C15H19NO3. The zero-order valence-corrected chi connectivity index (χ0v) is 11.2. The van der Waals surface area contributed by atoms with Gasteiger partial charge in [-0.25, -0.2) is 4.79 Å². The van der Waals surface area contributed by atoms with E-state index in [0.29, 0.717) is 6.42 Å². The molecule has 0 bridgehead atoms. The Kier molecular flexibility index (Phi) is 3.60. The number of nitrogens with one attached hydrogen (secondary N) is 1. The smallest absolute Gasteiger partial charge is 0.326 e. The van der Waals surface area contributed by atoms with Crippen LogP contribution in [0.15, 0.2) is 30.3 Å². The number of carboxylic acid groups (broad SMARTS) is 1. The highest BCUT2D eigenvalue weighted by Crippen LogP contribution is 2.51. The summed E-state index contributed by atoms with van der Waals surface area (Å²) in [6.07, 6.45) is 1.14. The summed E-state index contributed by atoms with van der Waals surface area (Å²) in [4.78, 5) is 23.2. The van der Waals surface area contributed by atoms with Crippen LogP contribution in [0.3, 0.4) is 0 Å². The van der Waals surface area contributed by atoms with E-state index in [1.807, 2.05) is 44.2 Å². The second-order valence-corrected chi connectivity index (χ2v) is 5.83. The van der Waals surface area contributed by atoms with Crippen molar-refractivity contribution in [3.63, 3.8) is 0 Å². The third-order valence-corrected chi connectivity index (χ3v) is 3.73. The molecule has 0 aromatic heterocycles. The predicted octanol–water partition coefficient (Wildman–Crippen LogP) is 1.84. The van der Waals surface area contributed by atoms with Crippen LogP contribution >= 0.6 is 0 Å². The van der Waals surface area contributed by atoms with E-state index < -0.39 is 12.0 Å². The first-order valence-corrected chi connectivity index (χ1v) is 6.47. The second-order valence-electron chi connectivity index (χ2n) is 5.83. The fourth-order valence-electron chi connectivity index (χ4n) is 2.24. The van der Waals surface area contributed by atoms with Crippen molar-refractivity contribution in [1.29, 1.82) is 0 Å². The van der Waals surface area contributed by atoms with E-state index in [9.17, 15) is 14.7 Å². The molecule has 0 saturated heterocycles. The molecule has 0 radical (unpaired) electrons. The first-order valence-electron chi connectivity index (χ1n) is 6.47. The number of amides is 1. The number of hydrogen-bond acceptors (Lipinski definition) is 2. The molecule has 1 saturated carbocycles. The van der Waals surface area contributed by atoms with Crippen LogP contribution in [-0.2, 0) is 16.0 Å². The monoisotopic (exact) mass is 261 g/mol. The Morgan fingerprint density at radius 3 is 2.42 bits per heavy atom. The van der Waals surface area contributed by atoms with Crippen molar-refractivity contribution in [2.45, 2.75) is 32.7 Å². The highest BCUT2D eigenvalue weighted by Gasteiger charge is 2.51. The zero-order valence-electron chi connectivity index (χ0n) is 11.2. The van der Waals surface area contributed by atoms with Crippen LogP contribution in [0.2, 0.25) is 0 Å². The quantitative estimate of drug-likeness (QED) is 0.850. The Balaban J connectivity index is 1.98. The normalized spacial score (nSPS) is 21.5. The van der Waals surface area contributed by atoms with E-state index in [1.54, 1.807) is 0 Å². The van der Waals surface area contributed by atoms with Gasteiger partial charge in [-0.05, 0) is 17.4 Å². The number of hydrogen-bond donors (Lipinski definition) is 2. The fourth-order valence-corrected chi connectivity index (χ4v) is 2.24. The number of carbonyl (C=O) groups excluding carboxylic acids is 1. The average Bonchev–Trinajstić information content (AvgIpc) is 2.99. The van der Waals surface area contributed by atoms with Crippen molar-refractivity contribution in [1.82, 2.24) is 5.32 Å². The molecule has 1 aromatic carbocycles. The minimum absolute atomic E-state index is 0.0138. The third kappa shape index (κ3) is 3.34. The summed E-state index contributed by atoms with van der Waals surface area (Å²) in [7, 11) is 0. The summed E-state index contributed by atoms with van der Waals surface area (Å²) in [5.41, 5.74) is 0.921. The van der Waals surface area contributed by atoms with Crippen LogP contribution in [0.5, 0.6) is 0 Å². The SMILES string of the molecule is CC1(C)CC1C(=O)N[C@@H](Cc1ccccc1)C(=O)O. The summed E-state index contributed by atoms with van der Waals surface area (Å²) in [6.45, 7) is 4.04. The number of rotatable bonds is 5. The Hall–Kier alpha value is -1.84. The van der Waals surface area contributed by atoms with Crippen LogP contribution in [0.1, 0.15) is 25.8 Å². The minimum Gasteiger partial charge on any atom is -0.480 e. The molecule has 1 aliphatic carbocycles. The Morgan fingerprint density at radius 1 is 1.37 bits per heavy atom. The van der Waals surface area contributed by atoms with Crippen LogP contribution < -0.4 is 5.32 Å². The zero-order chi connectivity index (χ0) is 14.0.